The first kappa shape index (κ1) is 20.9. The van der Waals surface area contributed by atoms with E-state index in [1.807, 2.05) is 6.92 Å². The molecule has 1 aliphatic rings. The van der Waals surface area contributed by atoms with Crippen LogP contribution in [-0.4, -0.2) is 41.1 Å². The summed E-state index contributed by atoms with van der Waals surface area (Å²) in [6, 6.07) is 1.81. The quantitative estimate of drug-likeness (QED) is 0.641. The van der Waals surface area contributed by atoms with Crippen LogP contribution in [0.1, 0.15) is 24.9 Å². The molecule has 6 nitrogen and oxygen atoms in total. The molecule has 1 aromatic rings. The lowest BCUT2D eigenvalue weighted by Gasteiger charge is -2.34. The molecule has 1 fully saturated rings. The Kier molecular flexibility index (Phi) is 8.62. The van der Waals surface area contributed by atoms with Gasteiger partial charge in [0.15, 0.2) is 11.6 Å². The fourth-order valence-corrected chi connectivity index (χ4v) is 2.63. The number of phenolic OH excluding ortho intramolecular Hbond substituents is 1. The molecule has 0 saturated carbocycles. The summed E-state index contributed by atoms with van der Waals surface area (Å²) in [6.07, 6.45) is 0.647. The summed E-state index contributed by atoms with van der Waals surface area (Å²) in [5, 5.41) is 23.9. The van der Waals surface area contributed by atoms with Gasteiger partial charge in [-0.05, 0) is 6.42 Å². The van der Waals surface area contributed by atoms with Gasteiger partial charge in [-0.1, -0.05) is 6.92 Å². The van der Waals surface area contributed by atoms with Crippen LogP contribution >= 0.6 is 24.8 Å². The molecule has 2 N–H and O–H groups in total. The Morgan fingerprint density at radius 2 is 2.00 bits per heavy atom. The van der Waals surface area contributed by atoms with Gasteiger partial charge in [-0.2, -0.15) is 0 Å². The number of benzene rings is 1. The molecule has 1 atom stereocenters. The summed E-state index contributed by atoms with van der Waals surface area (Å²) in [4.78, 5) is 12.3. The molecule has 9 heteroatoms. The van der Waals surface area contributed by atoms with Gasteiger partial charge in [-0.3, -0.25) is 15.0 Å². The van der Waals surface area contributed by atoms with Gasteiger partial charge in [-0.15, -0.1) is 24.8 Å². The molecule has 1 aromatic carbocycles. The van der Waals surface area contributed by atoms with Crippen molar-refractivity contribution in [2.45, 2.75) is 19.4 Å². The Morgan fingerprint density at radius 1 is 1.41 bits per heavy atom. The Bertz CT molecular complexity index is 514. The topological polar surface area (TPSA) is 78.6 Å². The van der Waals surface area contributed by atoms with Crippen LogP contribution < -0.4 is 5.32 Å². The van der Waals surface area contributed by atoms with E-state index < -0.39 is 16.5 Å². The van der Waals surface area contributed by atoms with Gasteiger partial charge in [0.05, 0.1) is 11.0 Å². The van der Waals surface area contributed by atoms with Crippen molar-refractivity contribution in [2.24, 2.45) is 0 Å². The third-order valence-corrected chi connectivity index (χ3v) is 3.63. The number of non-ortho nitro benzene ring substituents is 1. The maximum atomic E-state index is 13.7. The van der Waals surface area contributed by atoms with E-state index in [1.165, 1.54) is 6.07 Å². The van der Waals surface area contributed by atoms with Gasteiger partial charge < -0.3 is 10.4 Å². The molecule has 0 unspecified atom stereocenters. The van der Waals surface area contributed by atoms with E-state index in [2.05, 4.69) is 10.2 Å². The minimum absolute atomic E-state index is 0. The number of nitro groups is 1. The molecule has 0 radical (unpaired) electrons. The highest BCUT2D eigenvalue weighted by atomic mass is 35.5. The second-order valence-electron chi connectivity index (χ2n) is 4.83. The molecular weight excluding hydrogens is 336 g/mol. The second-order valence-corrected chi connectivity index (χ2v) is 4.83. The lowest BCUT2D eigenvalue weighted by molar-refractivity contribution is -0.385. The Balaban J connectivity index is 0.00000220. The molecule has 1 heterocycles. The van der Waals surface area contributed by atoms with Gasteiger partial charge in [0, 0.05) is 43.9 Å². The van der Waals surface area contributed by atoms with Gasteiger partial charge in [0.1, 0.15) is 0 Å². The van der Waals surface area contributed by atoms with Gasteiger partial charge in [-0.25, -0.2) is 4.39 Å². The van der Waals surface area contributed by atoms with Crippen LogP contribution in [0, 0.1) is 15.9 Å². The SMILES string of the molecule is CC[C@H](c1cc([N+](=O)[O-])cc(F)c1O)N1CCNCC1.Cl.Cl. The molecule has 1 saturated heterocycles. The maximum Gasteiger partial charge on any atom is 0.272 e. The number of nitrogens with zero attached hydrogens (tertiary/aromatic N) is 2. The van der Waals surface area contributed by atoms with E-state index in [1.54, 1.807) is 0 Å². The lowest BCUT2D eigenvalue weighted by Crippen LogP contribution is -2.45. The van der Waals surface area contributed by atoms with Crippen LogP contribution in [0.25, 0.3) is 0 Å². The van der Waals surface area contributed by atoms with Crippen molar-refractivity contribution >= 4 is 30.5 Å². The zero-order valence-electron chi connectivity index (χ0n) is 12.1. The predicted molar refractivity (Wildman–Crippen MR) is 86.7 cm³/mol. The number of nitrogens with one attached hydrogen (secondary N) is 1. The first-order valence-corrected chi connectivity index (χ1v) is 6.66. The summed E-state index contributed by atoms with van der Waals surface area (Å²) < 4.78 is 13.7. The number of hydrogen-bond donors (Lipinski definition) is 2. The molecule has 126 valence electrons. The van der Waals surface area contributed by atoms with E-state index in [9.17, 15) is 19.6 Å². The third-order valence-electron chi connectivity index (χ3n) is 3.63. The van der Waals surface area contributed by atoms with Crippen LogP contribution in [0.3, 0.4) is 0 Å². The number of rotatable bonds is 4. The zero-order chi connectivity index (χ0) is 14.7. The maximum absolute atomic E-state index is 13.7. The van der Waals surface area contributed by atoms with Crippen LogP contribution in [-0.2, 0) is 0 Å². The minimum Gasteiger partial charge on any atom is -0.505 e. The molecule has 0 amide bonds. The fraction of sp³-hybridized carbons (Fsp3) is 0.538. The standard InChI is InChI=1S/C13H18FN3O3.2ClH/c1-2-12(16-5-3-15-4-6-16)10-7-9(17(19)20)8-11(14)13(10)18;;/h7-8,12,15,18H,2-6H2,1H3;2*1H/t12-;;/m1../s1. The van der Waals surface area contributed by atoms with Crippen LogP contribution in [0.15, 0.2) is 12.1 Å². The van der Waals surface area contributed by atoms with E-state index in [0.29, 0.717) is 12.0 Å². The molecule has 2 rings (SSSR count). The molecular formula is C13H20Cl2FN3O3. The highest BCUT2D eigenvalue weighted by molar-refractivity contribution is 5.85. The minimum atomic E-state index is -0.942. The van der Waals surface area contributed by atoms with E-state index >= 15 is 0 Å². The summed E-state index contributed by atoms with van der Waals surface area (Å²) >= 11 is 0. The predicted octanol–water partition coefficient (Wildman–Crippen LogP) is 2.64. The van der Waals surface area contributed by atoms with Crippen LogP contribution in [0.2, 0.25) is 0 Å². The Hall–Kier alpha value is -1.15. The van der Waals surface area contributed by atoms with Crippen molar-refractivity contribution in [3.63, 3.8) is 0 Å². The second kappa shape index (κ2) is 9.09. The first-order valence-electron chi connectivity index (χ1n) is 6.66. The molecule has 1 aliphatic heterocycles. The summed E-state index contributed by atoms with van der Waals surface area (Å²) in [5.41, 5.74) is -0.0371. The van der Waals surface area contributed by atoms with Crippen molar-refractivity contribution in [3.8, 4) is 5.75 Å². The van der Waals surface area contributed by atoms with E-state index in [4.69, 9.17) is 0 Å². The molecule has 0 aromatic heterocycles. The Morgan fingerprint density at radius 3 is 2.50 bits per heavy atom. The van der Waals surface area contributed by atoms with Crippen molar-refractivity contribution in [1.82, 2.24) is 10.2 Å². The summed E-state index contributed by atoms with van der Waals surface area (Å²) in [6.45, 7) is 5.08. The van der Waals surface area contributed by atoms with Crippen molar-refractivity contribution in [2.75, 3.05) is 26.2 Å². The van der Waals surface area contributed by atoms with Crippen molar-refractivity contribution in [3.05, 3.63) is 33.6 Å². The Labute approximate surface area is 140 Å². The van der Waals surface area contributed by atoms with Gasteiger partial charge in [0.2, 0.25) is 0 Å². The van der Waals surface area contributed by atoms with Crippen molar-refractivity contribution < 1.29 is 14.4 Å². The number of nitro benzene ring substituents is 1. The number of halogens is 3. The molecule has 22 heavy (non-hydrogen) atoms. The van der Waals surface area contributed by atoms with Gasteiger partial charge >= 0.3 is 0 Å². The van der Waals surface area contributed by atoms with Crippen molar-refractivity contribution in [1.29, 1.82) is 0 Å². The average molecular weight is 356 g/mol. The molecule has 0 bridgehead atoms. The largest absolute Gasteiger partial charge is 0.505 e. The van der Waals surface area contributed by atoms with Gasteiger partial charge in [0.25, 0.3) is 5.69 Å². The summed E-state index contributed by atoms with van der Waals surface area (Å²) in [5.74, 6) is -1.43. The zero-order valence-corrected chi connectivity index (χ0v) is 13.8. The smallest absolute Gasteiger partial charge is 0.272 e. The highest BCUT2D eigenvalue weighted by Crippen LogP contribution is 2.36. The fourth-order valence-electron chi connectivity index (χ4n) is 2.63. The molecule has 0 aliphatic carbocycles. The number of hydrogen-bond acceptors (Lipinski definition) is 5. The first-order chi connectivity index (χ1) is 9.54. The van der Waals surface area contributed by atoms with Crippen LogP contribution in [0.4, 0.5) is 10.1 Å². The average Bonchev–Trinajstić information content (AvgIpc) is 2.45. The number of aromatic hydroxyl groups is 1. The number of piperazine rings is 1. The third kappa shape index (κ3) is 4.42. The number of phenols is 1. The normalized spacial score (nSPS) is 16.3. The summed E-state index contributed by atoms with van der Waals surface area (Å²) in [7, 11) is 0. The molecule has 0 spiro atoms. The lowest BCUT2D eigenvalue weighted by atomic mass is 10.00. The van der Waals surface area contributed by atoms with Crippen LogP contribution in [0.5, 0.6) is 5.75 Å². The van der Waals surface area contributed by atoms with E-state index in [0.717, 1.165) is 32.2 Å². The highest BCUT2D eigenvalue weighted by Gasteiger charge is 2.26. The monoisotopic (exact) mass is 355 g/mol. The van der Waals surface area contributed by atoms with E-state index in [-0.39, 0.29) is 36.5 Å².